The molecule has 1 aliphatic heterocycles. The number of nitrogens with zero attached hydrogens (tertiary/aromatic N) is 3. The van der Waals surface area contributed by atoms with E-state index in [1.807, 2.05) is 6.07 Å². The van der Waals surface area contributed by atoms with Crippen LogP contribution in [0.25, 0.3) is 0 Å². The van der Waals surface area contributed by atoms with E-state index in [-0.39, 0.29) is 0 Å². The molecular weight excluding hydrogens is 334 g/mol. The number of carbonyl (C=O) groups is 1. The van der Waals surface area contributed by atoms with Gasteiger partial charge in [-0.15, -0.1) is 0 Å². The lowest BCUT2D eigenvalue weighted by atomic mass is 9.86. The van der Waals surface area contributed by atoms with Gasteiger partial charge in [-0.1, -0.05) is 12.1 Å². The molecular formula is C18H19N5O3. The van der Waals surface area contributed by atoms with E-state index in [1.54, 1.807) is 50.0 Å². The zero-order chi connectivity index (χ0) is 18.6. The first-order valence-corrected chi connectivity index (χ1v) is 7.89. The number of carbonyl (C=O) groups excluding carboxylic acids is 1. The summed E-state index contributed by atoms with van der Waals surface area (Å²) in [5.74, 6) is 0.0297. The maximum Gasteiger partial charge on any atom is 0.249 e. The highest BCUT2D eigenvalue weighted by Gasteiger charge is 2.32. The van der Waals surface area contributed by atoms with E-state index in [0.29, 0.717) is 23.5 Å². The fraction of sp³-hybridized carbons (Fsp3) is 0.167. The minimum Gasteiger partial charge on any atom is -0.366 e. The van der Waals surface area contributed by atoms with E-state index < -0.39 is 11.5 Å². The van der Waals surface area contributed by atoms with Gasteiger partial charge in [0.15, 0.2) is 0 Å². The minimum absolute atomic E-state index is 0.294. The van der Waals surface area contributed by atoms with Gasteiger partial charge in [0.25, 0.3) is 0 Å². The summed E-state index contributed by atoms with van der Waals surface area (Å²) in [6.45, 7) is 0.294. The van der Waals surface area contributed by atoms with Crippen LogP contribution in [0.4, 0.5) is 5.82 Å². The molecule has 8 heteroatoms. The average Bonchev–Trinajstić information content (AvgIpc) is 2.68. The van der Waals surface area contributed by atoms with Gasteiger partial charge in [0.05, 0.1) is 6.20 Å². The molecule has 0 aliphatic carbocycles. The summed E-state index contributed by atoms with van der Waals surface area (Å²) < 4.78 is 5.72. The standard InChI is InChI=1S/C18H19N5O3/c1-26-18(5-9-23(25)10-6-18)15-4-2-3-13(17(19)24)14(15)11-22-16-12-20-7-8-21-16/h2-10,12,25H,11H2,1H3,(H2,19,24)(H,21,22). The predicted octanol–water partition coefficient (Wildman–Crippen LogP) is 1.76. The van der Waals surface area contributed by atoms with Crippen LogP contribution in [-0.2, 0) is 16.9 Å². The molecule has 0 spiro atoms. The van der Waals surface area contributed by atoms with Crippen molar-refractivity contribution in [2.45, 2.75) is 12.1 Å². The number of anilines is 1. The Balaban J connectivity index is 2.05. The fourth-order valence-corrected chi connectivity index (χ4v) is 2.85. The van der Waals surface area contributed by atoms with Crippen molar-refractivity contribution >= 4 is 11.7 Å². The number of hydroxylamine groups is 2. The maximum atomic E-state index is 12.0. The Morgan fingerprint density at radius 2 is 2.12 bits per heavy atom. The Morgan fingerprint density at radius 1 is 1.35 bits per heavy atom. The molecule has 26 heavy (non-hydrogen) atoms. The number of aromatic nitrogens is 2. The Bertz CT molecular complexity index is 837. The highest BCUT2D eigenvalue weighted by molar-refractivity contribution is 5.95. The van der Waals surface area contributed by atoms with Crippen molar-refractivity contribution in [3.05, 3.63) is 78.0 Å². The third-order valence-electron chi connectivity index (χ3n) is 4.16. The number of amides is 1. The van der Waals surface area contributed by atoms with Gasteiger partial charge in [0, 0.05) is 44.0 Å². The van der Waals surface area contributed by atoms with Crippen LogP contribution in [0, 0.1) is 0 Å². The Kier molecular flexibility index (Phi) is 4.97. The normalized spacial score (nSPS) is 15.1. The molecule has 0 fully saturated rings. The number of methoxy groups -OCH3 is 1. The summed E-state index contributed by atoms with van der Waals surface area (Å²) in [7, 11) is 1.55. The highest BCUT2D eigenvalue weighted by atomic mass is 16.5. The van der Waals surface area contributed by atoms with Crippen LogP contribution in [0.15, 0.2) is 61.3 Å². The second-order valence-corrected chi connectivity index (χ2v) is 5.65. The first-order chi connectivity index (χ1) is 12.6. The van der Waals surface area contributed by atoms with E-state index in [4.69, 9.17) is 10.5 Å². The molecule has 8 nitrogen and oxygen atoms in total. The van der Waals surface area contributed by atoms with Crippen LogP contribution >= 0.6 is 0 Å². The Labute approximate surface area is 150 Å². The average molecular weight is 353 g/mol. The third-order valence-corrected chi connectivity index (χ3v) is 4.16. The van der Waals surface area contributed by atoms with Crippen molar-refractivity contribution in [1.82, 2.24) is 15.0 Å². The molecule has 0 radical (unpaired) electrons. The molecule has 0 saturated heterocycles. The van der Waals surface area contributed by atoms with Crippen molar-refractivity contribution in [3.63, 3.8) is 0 Å². The molecule has 0 atom stereocenters. The second-order valence-electron chi connectivity index (χ2n) is 5.65. The maximum absolute atomic E-state index is 12.0. The van der Waals surface area contributed by atoms with Crippen LogP contribution < -0.4 is 11.1 Å². The number of rotatable bonds is 6. The van der Waals surface area contributed by atoms with Crippen molar-refractivity contribution in [2.75, 3.05) is 12.4 Å². The fourth-order valence-electron chi connectivity index (χ4n) is 2.85. The number of hydrogen-bond acceptors (Lipinski definition) is 7. The molecule has 1 aromatic heterocycles. The van der Waals surface area contributed by atoms with Gasteiger partial charge in [-0.3, -0.25) is 15.0 Å². The van der Waals surface area contributed by atoms with Gasteiger partial charge in [0.1, 0.15) is 11.4 Å². The van der Waals surface area contributed by atoms with Gasteiger partial charge in [-0.2, -0.15) is 0 Å². The number of hydrogen-bond donors (Lipinski definition) is 3. The first kappa shape index (κ1) is 17.6. The molecule has 134 valence electrons. The zero-order valence-electron chi connectivity index (χ0n) is 14.2. The second kappa shape index (κ2) is 7.34. The summed E-state index contributed by atoms with van der Waals surface area (Å²) in [4.78, 5) is 20.1. The van der Waals surface area contributed by atoms with Crippen LogP contribution in [0.5, 0.6) is 0 Å². The van der Waals surface area contributed by atoms with Crippen LogP contribution in [0.2, 0.25) is 0 Å². The topological polar surface area (TPSA) is 114 Å². The zero-order valence-corrected chi connectivity index (χ0v) is 14.2. The number of benzene rings is 1. The van der Waals surface area contributed by atoms with E-state index in [1.165, 1.54) is 12.4 Å². The molecule has 0 unspecified atom stereocenters. The van der Waals surface area contributed by atoms with Gasteiger partial charge < -0.3 is 15.8 Å². The lowest BCUT2D eigenvalue weighted by Crippen LogP contribution is -2.30. The molecule has 0 saturated carbocycles. The Morgan fingerprint density at radius 3 is 2.73 bits per heavy atom. The van der Waals surface area contributed by atoms with Gasteiger partial charge in [0.2, 0.25) is 5.91 Å². The number of nitrogens with two attached hydrogens (primary N) is 1. The third kappa shape index (κ3) is 3.41. The molecule has 0 bridgehead atoms. The Hall–Kier alpha value is -3.23. The van der Waals surface area contributed by atoms with Crippen molar-refractivity contribution < 1.29 is 14.7 Å². The van der Waals surface area contributed by atoms with E-state index in [9.17, 15) is 10.0 Å². The number of nitrogens with one attached hydrogen (secondary N) is 1. The molecule has 2 heterocycles. The van der Waals surface area contributed by atoms with Crippen LogP contribution in [0.1, 0.15) is 21.5 Å². The lowest BCUT2D eigenvalue weighted by molar-refractivity contribution is -0.00573. The molecule has 1 aliphatic rings. The summed E-state index contributed by atoms with van der Waals surface area (Å²) in [5, 5.41) is 13.6. The van der Waals surface area contributed by atoms with Crippen molar-refractivity contribution in [2.24, 2.45) is 5.73 Å². The molecule has 1 aromatic carbocycles. The quantitative estimate of drug-likeness (QED) is 0.725. The molecule has 2 aromatic rings. The van der Waals surface area contributed by atoms with Crippen LogP contribution in [-0.4, -0.2) is 33.3 Å². The molecule has 4 N–H and O–H groups in total. The van der Waals surface area contributed by atoms with Gasteiger partial charge in [-0.05, 0) is 29.3 Å². The van der Waals surface area contributed by atoms with Gasteiger partial charge in [-0.25, -0.2) is 10.0 Å². The van der Waals surface area contributed by atoms with E-state index >= 15 is 0 Å². The van der Waals surface area contributed by atoms with E-state index in [2.05, 4.69) is 15.3 Å². The molecule has 3 rings (SSSR count). The lowest BCUT2D eigenvalue weighted by Gasteiger charge is -2.32. The smallest absolute Gasteiger partial charge is 0.249 e. The summed E-state index contributed by atoms with van der Waals surface area (Å²) >= 11 is 0. The predicted molar refractivity (Wildman–Crippen MR) is 94.9 cm³/mol. The number of ether oxygens (including phenoxy) is 1. The largest absolute Gasteiger partial charge is 0.366 e. The minimum atomic E-state index is -0.940. The highest BCUT2D eigenvalue weighted by Crippen LogP contribution is 2.35. The summed E-state index contributed by atoms with van der Waals surface area (Å²) in [5.41, 5.74) is 6.41. The van der Waals surface area contributed by atoms with Gasteiger partial charge >= 0.3 is 0 Å². The van der Waals surface area contributed by atoms with E-state index in [0.717, 1.165) is 10.6 Å². The van der Waals surface area contributed by atoms with Crippen LogP contribution in [0.3, 0.4) is 0 Å². The number of primary amides is 1. The summed E-state index contributed by atoms with van der Waals surface area (Å²) in [6, 6.07) is 5.26. The molecule has 1 amide bonds. The monoisotopic (exact) mass is 353 g/mol. The summed E-state index contributed by atoms with van der Waals surface area (Å²) in [6.07, 6.45) is 11.1. The van der Waals surface area contributed by atoms with Crippen molar-refractivity contribution in [1.29, 1.82) is 0 Å². The first-order valence-electron chi connectivity index (χ1n) is 7.89. The van der Waals surface area contributed by atoms with Crippen molar-refractivity contribution in [3.8, 4) is 0 Å². The SMILES string of the molecule is COC1(c2cccc(C(N)=O)c2CNc2cnccn2)C=CN(O)C=C1.